The Hall–Kier alpha value is -1.10. The Morgan fingerprint density at radius 1 is 1.15 bits per heavy atom. The van der Waals surface area contributed by atoms with Crippen LogP contribution in [-0.4, -0.2) is 29.6 Å². The minimum Gasteiger partial charge on any atom is -0.480 e. The van der Waals surface area contributed by atoms with E-state index in [1.54, 1.807) is 0 Å². The zero-order valence-electron chi connectivity index (χ0n) is 13.2. The summed E-state index contributed by atoms with van der Waals surface area (Å²) in [5.41, 5.74) is 5.57. The summed E-state index contributed by atoms with van der Waals surface area (Å²) >= 11 is 0. The molecule has 0 saturated carbocycles. The maximum absolute atomic E-state index is 11.9. The van der Waals surface area contributed by atoms with Gasteiger partial charge in [0.1, 0.15) is 6.04 Å². The molecule has 0 spiro atoms. The summed E-state index contributed by atoms with van der Waals surface area (Å²) in [5, 5.41) is 11.7. The molecule has 20 heavy (non-hydrogen) atoms. The fourth-order valence-electron chi connectivity index (χ4n) is 2.30. The number of hydrogen-bond donors (Lipinski definition) is 3. The van der Waals surface area contributed by atoms with Crippen LogP contribution in [0.4, 0.5) is 0 Å². The van der Waals surface area contributed by atoms with Crippen molar-refractivity contribution in [1.29, 1.82) is 0 Å². The average molecular weight is 286 g/mol. The number of nitrogens with one attached hydrogen (secondary N) is 1. The molecule has 0 aromatic rings. The van der Waals surface area contributed by atoms with E-state index in [2.05, 4.69) is 19.2 Å². The first-order valence-corrected chi connectivity index (χ1v) is 7.50. The fourth-order valence-corrected chi connectivity index (χ4v) is 2.30. The zero-order chi connectivity index (χ0) is 15.7. The first-order valence-electron chi connectivity index (χ1n) is 7.50. The number of nitrogens with two attached hydrogens (primary N) is 1. The monoisotopic (exact) mass is 286 g/mol. The van der Waals surface area contributed by atoms with E-state index in [1.165, 1.54) is 0 Å². The highest BCUT2D eigenvalue weighted by atomic mass is 16.4. The Morgan fingerprint density at radius 3 is 2.15 bits per heavy atom. The SMILES string of the molecule is CC(C)C[C@@H](NC(=O)CCC(CCN)C(C)C)C(=O)O. The highest BCUT2D eigenvalue weighted by Crippen LogP contribution is 2.20. The van der Waals surface area contributed by atoms with Crippen molar-refractivity contribution >= 4 is 11.9 Å². The molecule has 4 N–H and O–H groups in total. The van der Waals surface area contributed by atoms with Gasteiger partial charge in [-0.1, -0.05) is 27.7 Å². The Balaban J connectivity index is 4.28. The lowest BCUT2D eigenvalue weighted by Crippen LogP contribution is -2.41. The van der Waals surface area contributed by atoms with Crippen LogP contribution in [0.2, 0.25) is 0 Å². The molecule has 0 aliphatic heterocycles. The average Bonchev–Trinajstić information content (AvgIpc) is 2.32. The second-order valence-electron chi connectivity index (χ2n) is 6.21. The van der Waals surface area contributed by atoms with E-state index in [4.69, 9.17) is 10.8 Å². The van der Waals surface area contributed by atoms with Crippen molar-refractivity contribution in [2.45, 2.75) is 59.4 Å². The number of carboxylic acid groups (broad SMARTS) is 1. The van der Waals surface area contributed by atoms with Gasteiger partial charge in [-0.2, -0.15) is 0 Å². The van der Waals surface area contributed by atoms with Gasteiger partial charge >= 0.3 is 5.97 Å². The lowest BCUT2D eigenvalue weighted by atomic mass is 9.88. The molecule has 118 valence electrons. The first kappa shape index (κ1) is 18.9. The molecule has 5 heteroatoms. The second kappa shape index (κ2) is 9.75. The van der Waals surface area contributed by atoms with Crippen molar-refractivity contribution in [3.8, 4) is 0 Å². The van der Waals surface area contributed by atoms with Crippen molar-refractivity contribution < 1.29 is 14.7 Å². The van der Waals surface area contributed by atoms with E-state index in [0.717, 1.165) is 12.8 Å². The van der Waals surface area contributed by atoms with Crippen LogP contribution in [0.1, 0.15) is 53.4 Å². The molecule has 0 rings (SSSR count). The van der Waals surface area contributed by atoms with Gasteiger partial charge in [-0.25, -0.2) is 4.79 Å². The summed E-state index contributed by atoms with van der Waals surface area (Å²) in [6.45, 7) is 8.75. The molecule has 0 radical (unpaired) electrons. The van der Waals surface area contributed by atoms with E-state index in [1.807, 2.05) is 13.8 Å². The van der Waals surface area contributed by atoms with Gasteiger partial charge in [0.05, 0.1) is 0 Å². The van der Waals surface area contributed by atoms with Crippen LogP contribution in [-0.2, 0) is 9.59 Å². The highest BCUT2D eigenvalue weighted by Gasteiger charge is 2.22. The van der Waals surface area contributed by atoms with Crippen LogP contribution in [0.15, 0.2) is 0 Å². The largest absolute Gasteiger partial charge is 0.480 e. The molecule has 0 aromatic carbocycles. The third-order valence-electron chi connectivity index (χ3n) is 3.56. The zero-order valence-corrected chi connectivity index (χ0v) is 13.2. The van der Waals surface area contributed by atoms with Gasteiger partial charge in [0.25, 0.3) is 0 Å². The van der Waals surface area contributed by atoms with Crippen LogP contribution in [0.25, 0.3) is 0 Å². The Morgan fingerprint density at radius 2 is 1.75 bits per heavy atom. The maximum Gasteiger partial charge on any atom is 0.326 e. The molecule has 1 amide bonds. The smallest absolute Gasteiger partial charge is 0.326 e. The molecule has 0 aromatic heterocycles. The molecular weight excluding hydrogens is 256 g/mol. The summed E-state index contributed by atoms with van der Waals surface area (Å²) in [6.07, 6.45) is 2.48. The van der Waals surface area contributed by atoms with E-state index < -0.39 is 12.0 Å². The number of carbonyl (C=O) groups is 2. The molecule has 0 fully saturated rings. The van der Waals surface area contributed by atoms with Crippen LogP contribution >= 0.6 is 0 Å². The van der Waals surface area contributed by atoms with Crippen LogP contribution in [0.3, 0.4) is 0 Å². The number of hydrogen-bond acceptors (Lipinski definition) is 3. The summed E-state index contributed by atoms with van der Waals surface area (Å²) in [5.74, 6) is -0.0106. The molecule has 1 unspecified atom stereocenters. The standard InChI is InChI=1S/C15H30N2O3/c1-10(2)9-13(15(19)20)17-14(18)6-5-12(7-8-16)11(3)4/h10-13H,5-9,16H2,1-4H3,(H,17,18)(H,19,20)/t12?,13-/m1/s1. The van der Waals surface area contributed by atoms with Gasteiger partial charge in [0.2, 0.25) is 5.91 Å². The molecule has 0 heterocycles. The molecule has 0 saturated heterocycles. The van der Waals surface area contributed by atoms with Crippen molar-refractivity contribution in [2.75, 3.05) is 6.54 Å². The number of carboxylic acids is 1. The summed E-state index contributed by atoms with van der Waals surface area (Å²) in [6, 6.07) is -0.783. The van der Waals surface area contributed by atoms with Gasteiger partial charge in [-0.15, -0.1) is 0 Å². The van der Waals surface area contributed by atoms with Crippen molar-refractivity contribution in [3.05, 3.63) is 0 Å². The Bertz CT molecular complexity index is 303. The lowest BCUT2D eigenvalue weighted by molar-refractivity contribution is -0.142. The van der Waals surface area contributed by atoms with E-state index in [9.17, 15) is 9.59 Å². The van der Waals surface area contributed by atoms with E-state index in [-0.39, 0.29) is 11.8 Å². The van der Waals surface area contributed by atoms with Gasteiger partial charge < -0.3 is 16.2 Å². The summed E-state index contributed by atoms with van der Waals surface area (Å²) in [4.78, 5) is 23.0. The molecule has 0 aliphatic carbocycles. The Kier molecular flexibility index (Phi) is 9.21. The van der Waals surface area contributed by atoms with Crippen LogP contribution in [0.5, 0.6) is 0 Å². The topological polar surface area (TPSA) is 92.4 Å². The molecular formula is C15H30N2O3. The molecule has 2 atom stereocenters. The molecule has 5 nitrogen and oxygen atoms in total. The molecule has 0 aliphatic rings. The quantitative estimate of drug-likeness (QED) is 0.572. The molecule has 0 bridgehead atoms. The minimum atomic E-state index is -0.964. The third-order valence-corrected chi connectivity index (χ3v) is 3.56. The van der Waals surface area contributed by atoms with Gasteiger partial charge in [0.15, 0.2) is 0 Å². The number of aliphatic carboxylic acids is 1. The normalized spacial score (nSPS) is 14.3. The predicted octanol–water partition coefficient (Wildman–Crippen LogP) is 2.00. The van der Waals surface area contributed by atoms with E-state index in [0.29, 0.717) is 31.2 Å². The number of amides is 1. The third kappa shape index (κ3) is 8.15. The fraction of sp³-hybridized carbons (Fsp3) is 0.867. The van der Waals surface area contributed by atoms with Crippen molar-refractivity contribution in [3.63, 3.8) is 0 Å². The highest BCUT2D eigenvalue weighted by molar-refractivity contribution is 5.83. The first-order chi connectivity index (χ1) is 9.27. The van der Waals surface area contributed by atoms with Gasteiger partial charge in [-0.05, 0) is 43.6 Å². The van der Waals surface area contributed by atoms with Gasteiger partial charge in [0, 0.05) is 6.42 Å². The predicted molar refractivity (Wildman–Crippen MR) is 80.3 cm³/mol. The maximum atomic E-state index is 11.9. The van der Waals surface area contributed by atoms with Crippen LogP contribution < -0.4 is 11.1 Å². The summed E-state index contributed by atoms with van der Waals surface area (Å²) < 4.78 is 0. The number of rotatable bonds is 10. The van der Waals surface area contributed by atoms with Gasteiger partial charge in [-0.3, -0.25) is 4.79 Å². The van der Waals surface area contributed by atoms with Crippen LogP contribution in [0, 0.1) is 17.8 Å². The van der Waals surface area contributed by atoms with Crippen molar-refractivity contribution in [2.24, 2.45) is 23.5 Å². The Labute approximate surface area is 122 Å². The van der Waals surface area contributed by atoms with E-state index >= 15 is 0 Å². The summed E-state index contributed by atoms with van der Waals surface area (Å²) in [7, 11) is 0. The lowest BCUT2D eigenvalue weighted by Gasteiger charge is -2.21. The second-order valence-corrected chi connectivity index (χ2v) is 6.21. The number of carbonyl (C=O) groups excluding carboxylic acids is 1. The minimum absolute atomic E-state index is 0.180. The van der Waals surface area contributed by atoms with Crippen molar-refractivity contribution in [1.82, 2.24) is 5.32 Å².